The summed E-state index contributed by atoms with van der Waals surface area (Å²) in [6, 6.07) is 20.7. The predicted octanol–water partition coefficient (Wildman–Crippen LogP) is 6.57. The second-order valence-corrected chi connectivity index (χ2v) is 11.6. The number of aromatic nitrogens is 4. The van der Waals surface area contributed by atoms with E-state index in [1.165, 1.54) is 16.0 Å². The first kappa shape index (κ1) is 27.9. The molecule has 0 atom stereocenters. The highest BCUT2D eigenvalue weighted by atomic mass is 16.5. The number of piperidine rings is 1. The maximum absolute atomic E-state index is 11.3. The molecule has 9 nitrogen and oxygen atoms in total. The zero-order chi connectivity index (χ0) is 30.2. The number of amides is 1. The minimum Gasteiger partial charge on any atom is -0.497 e. The Morgan fingerprint density at radius 1 is 0.977 bits per heavy atom. The minimum atomic E-state index is -0.854. The lowest BCUT2D eigenvalue weighted by molar-refractivity contribution is 0.131. The van der Waals surface area contributed by atoms with Gasteiger partial charge in [0.25, 0.3) is 0 Å². The van der Waals surface area contributed by atoms with E-state index in [0.29, 0.717) is 19.6 Å². The molecular formula is C35H35N5O4. The molecule has 0 spiro atoms. The molecule has 3 aromatic heterocycles. The minimum absolute atomic E-state index is 0.234. The van der Waals surface area contributed by atoms with Crippen LogP contribution in [-0.2, 0) is 19.4 Å². The number of likely N-dealkylation sites (tertiary alicyclic amines) is 1. The smallest absolute Gasteiger partial charge is 0.407 e. The number of aryl methyl sites for hydroxylation is 1. The van der Waals surface area contributed by atoms with Crippen LogP contribution < -0.4 is 9.47 Å². The van der Waals surface area contributed by atoms with E-state index in [1.54, 1.807) is 14.2 Å². The largest absolute Gasteiger partial charge is 0.497 e. The molecule has 1 saturated heterocycles. The Morgan fingerprint density at radius 3 is 2.50 bits per heavy atom. The van der Waals surface area contributed by atoms with Gasteiger partial charge in [0.2, 0.25) is 0 Å². The first-order valence-electron chi connectivity index (χ1n) is 15.2. The van der Waals surface area contributed by atoms with E-state index in [0.717, 1.165) is 88.4 Å². The first-order chi connectivity index (χ1) is 21.5. The lowest BCUT2D eigenvalue weighted by atomic mass is 9.93. The number of ether oxygens (including phenoxy) is 2. The highest BCUT2D eigenvalue weighted by molar-refractivity contribution is 5.93. The van der Waals surface area contributed by atoms with Crippen molar-refractivity contribution in [3.05, 3.63) is 89.2 Å². The third kappa shape index (κ3) is 5.12. The van der Waals surface area contributed by atoms with Crippen molar-refractivity contribution >= 4 is 17.1 Å². The van der Waals surface area contributed by atoms with Crippen LogP contribution in [0.2, 0.25) is 0 Å². The molecule has 1 aliphatic carbocycles. The van der Waals surface area contributed by atoms with E-state index in [4.69, 9.17) is 24.5 Å². The standard InChI is InChI=1S/C35H35N5O4/c1-43-26-12-9-22(10-13-26)21-40-30-19-31(44-2)33(28-8-4-6-23-5-3-7-27(23)28)37-34(30)32(38-40)25-11-14-29(36-20-25)24-15-17-39(18-16-24)35(41)42/h4,6,8-14,19-20,24H,3,5,7,15-18,21H2,1-2H3,(H,41,42). The van der Waals surface area contributed by atoms with Crippen LogP contribution in [0.15, 0.2) is 66.9 Å². The van der Waals surface area contributed by atoms with Gasteiger partial charge >= 0.3 is 6.09 Å². The van der Waals surface area contributed by atoms with Crippen LogP contribution in [0.5, 0.6) is 11.5 Å². The third-order valence-electron chi connectivity index (χ3n) is 9.05. The van der Waals surface area contributed by atoms with Crippen LogP contribution in [0.4, 0.5) is 4.79 Å². The number of carboxylic acid groups (broad SMARTS) is 1. The second-order valence-electron chi connectivity index (χ2n) is 11.6. The molecule has 0 saturated carbocycles. The van der Waals surface area contributed by atoms with E-state index in [2.05, 4.69) is 36.4 Å². The summed E-state index contributed by atoms with van der Waals surface area (Å²) in [6.07, 6.45) is 5.84. The highest BCUT2D eigenvalue weighted by Crippen LogP contribution is 2.40. The van der Waals surface area contributed by atoms with Gasteiger partial charge < -0.3 is 19.5 Å². The van der Waals surface area contributed by atoms with Gasteiger partial charge in [0, 0.05) is 48.1 Å². The molecular weight excluding hydrogens is 554 g/mol. The van der Waals surface area contributed by atoms with Gasteiger partial charge in [0.15, 0.2) is 0 Å². The average Bonchev–Trinajstić information content (AvgIpc) is 3.69. The predicted molar refractivity (Wildman–Crippen MR) is 168 cm³/mol. The van der Waals surface area contributed by atoms with Crippen LogP contribution in [0.3, 0.4) is 0 Å². The van der Waals surface area contributed by atoms with Crippen molar-refractivity contribution in [3.8, 4) is 34.0 Å². The fraction of sp³-hybridized carbons (Fsp3) is 0.314. The molecule has 1 fully saturated rings. The SMILES string of the molecule is COc1ccc(Cn2nc(-c3ccc(C4CCN(C(=O)O)CC4)nc3)c3nc(-c4cccc5c4CCC5)c(OC)cc32)cc1. The summed E-state index contributed by atoms with van der Waals surface area (Å²) >= 11 is 0. The zero-order valence-corrected chi connectivity index (χ0v) is 25.0. The number of nitrogens with zero attached hydrogens (tertiary/aromatic N) is 5. The maximum atomic E-state index is 11.3. The Balaban J connectivity index is 1.31. The molecule has 9 heteroatoms. The lowest BCUT2D eigenvalue weighted by Crippen LogP contribution is -2.36. The molecule has 0 radical (unpaired) electrons. The lowest BCUT2D eigenvalue weighted by Gasteiger charge is -2.29. The molecule has 1 N–H and O–H groups in total. The number of carbonyl (C=O) groups is 1. The van der Waals surface area contributed by atoms with Crippen molar-refractivity contribution < 1.29 is 19.4 Å². The van der Waals surface area contributed by atoms with E-state index in [-0.39, 0.29) is 5.92 Å². The summed E-state index contributed by atoms with van der Waals surface area (Å²) in [6.45, 7) is 1.61. The van der Waals surface area contributed by atoms with Crippen molar-refractivity contribution in [3.63, 3.8) is 0 Å². The van der Waals surface area contributed by atoms with E-state index in [1.807, 2.05) is 35.1 Å². The normalized spacial score (nSPS) is 15.0. The van der Waals surface area contributed by atoms with E-state index in [9.17, 15) is 9.90 Å². The number of pyridine rings is 2. The van der Waals surface area contributed by atoms with Gasteiger partial charge in [0.05, 0.1) is 26.3 Å². The summed E-state index contributed by atoms with van der Waals surface area (Å²) in [4.78, 5) is 23.0. The van der Waals surface area contributed by atoms with Crippen LogP contribution in [0, 0.1) is 0 Å². The van der Waals surface area contributed by atoms with Crippen LogP contribution in [0.1, 0.15) is 47.6 Å². The highest BCUT2D eigenvalue weighted by Gasteiger charge is 2.26. The second kappa shape index (κ2) is 11.6. The summed E-state index contributed by atoms with van der Waals surface area (Å²) in [5.41, 5.74) is 10.1. The van der Waals surface area contributed by atoms with Crippen LogP contribution >= 0.6 is 0 Å². The molecule has 44 heavy (non-hydrogen) atoms. The molecule has 2 aliphatic rings. The molecule has 2 aromatic carbocycles. The summed E-state index contributed by atoms with van der Waals surface area (Å²) in [5.74, 6) is 1.77. The molecule has 7 rings (SSSR count). The summed E-state index contributed by atoms with van der Waals surface area (Å²) < 4.78 is 13.3. The topological polar surface area (TPSA) is 103 Å². The Bertz CT molecular complexity index is 1820. The summed E-state index contributed by atoms with van der Waals surface area (Å²) in [7, 11) is 3.36. The Kier molecular flexibility index (Phi) is 7.37. The zero-order valence-electron chi connectivity index (χ0n) is 25.0. The van der Waals surface area contributed by atoms with Crippen LogP contribution in [-0.4, -0.2) is 63.2 Å². The Morgan fingerprint density at radius 2 is 1.80 bits per heavy atom. The molecule has 1 aliphatic heterocycles. The van der Waals surface area contributed by atoms with Crippen molar-refractivity contribution in [2.75, 3.05) is 27.3 Å². The number of rotatable bonds is 7. The average molecular weight is 590 g/mol. The number of methoxy groups -OCH3 is 2. The first-order valence-corrected chi connectivity index (χ1v) is 15.2. The van der Waals surface area contributed by atoms with Crippen molar-refractivity contribution in [1.29, 1.82) is 0 Å². The number of benzene rings is 2. The third-order valence-corrected chi connectivity index (χ3v) is 9.05. The monoisotopic (exact) mass is 589 g/mol. The quantitative estimate of drug-likeness (QED) is 0.229. The van der Waals surface area contributed by atoms with Crippen molar-refractivity contribution in [2.24, 2.45) is 0 Å². The molecule has 224 valence electrons. The van der Waals surface area contributed by atoms with Gasteiger partial charge in [-0.3, -0.25) is 9.67 Å². The molecule has 4 heterocycles. The van der Waals surface area contributed by atoms with Crippen molar-refractivity contribution in [1.82, 2.24) is 24.6 Å². The van der Waals surface area contributed by atoms with Gasteiger partial charge in [-0.25, -0.2) is 9.78 Å². The fourth-order valence-electron chi connectivity index (χ4n) is 6.64. The molecule has 0 bridgehead atoms. The molecule has 0 unspecified atom stereocenters. The van der Waals surface area contributed by atoms with E-state index < -0.39 is 6.09 Å². The number of fused-ring (bicyclic) bond motifs is 2. The fourth-order valence-corrected chi connectivity index (χ4v) is 6.64. The molecule has 5 aromatic rings. The molecule has 1 amide bonds. The number of hydrogen-bond acceptors (Lipinski definition) is 6. The van der Waals surface area contributed by atoms with Gasteiger partial charge in [-0.1, -0.05) is 30.3 Å². The van der Waals surface area contributed by atoms with Gasteiger partial charge in [0.1, 0.15) is 28.4 Å². The Hall–Kier alpha value is -4.92. The Labute approximate surface area is 256 Å². The van der Waals surface area contributed by atoms with Crippen LogP contribution in [0.25, 0.3) is 33.5 Å². The van der Waals surface area contributed by atoms with E-state index >= 15 is 0 Å². The maximum Gasteiger partial charge on any atom is 0.407 e. The van der Waals surface area contributed by atoms with Crippen molar-refractivity contribution in [2.45, 2.75) is 44.6 Å². The van der Waals surface area contributed by atoms with Gasteiger partial charge in [-0.2, -0.15) is 5.10 Å². The number of hydrogen-bond donors (Lipinski definition) is 1. The van der Waals surface area contributed by atoms with Gasteiger partial charge in [-0.05, 0) is 73.1 Å². The van der Waals surface area contributed by atoms with Gasteiger partial charge in [-0.15, -0.1) is 0 Å². The summed E-state index contributed by atoms with van der Waals surface area (Å²) in [5, 5.41) is 14.4.